The first-order valence-corrected chi connectivity index (χ1v) is 10.5. The van der Waals surface area contributed by atoms with Crippen molar-refractivity contribution in [3.8, 4) is 11.5 Å². The summed E-state index contributed by atoms with van der Waals surface area (Å²) in [5.74, 6) is 1.29. The second kappa shape index (κ2) is 9.47. The predicted octanol–water partition coefficient (Wildman–Crippen LogP) is 5.41. The van der Waals surface area contributed by atoms with E-state index in [1.165, 1.54) is 30.2 Å². The van der Waals surface area contributed by atoms with E-state index in [9.17, 15) is 4.79 Å². The molecular formula is C18H15Cl2N3O3S2. The Morgan fingerprint density at radius 1 is 1.14 bits per heavy atom. The molecule has 0 radical (unpaired) electrons. The number of aromatic nitrogens is 2. The lowest BCUT2D eigenvalue weighted by Crippen LogP contribution is -2.13. The number of nitrogens with one attached hydrogen (secondary N) is 1. The summed E-state index contributed by atoms with van der Waals surface area (Å²) in [7, 11) is 3.04. The molecule has 0 aliphatic heterocycles. The average Bonchev–Trinajstić information content (AvgIpc) is 3.13. The van der Waals surface area contributed by atoms with Crippen LogP contribution in [-0.2, 0) is 5.75 Å². The molecule has 2 aromatic carbocycles. The first-order valence-electron chi connectivity index (χ1n) is 7.93. The van der Waals surface area contributed by atoms with E-state index in [4.69, 9.17) is 32.7 Å². The summed E-state index contributed by atoms with van der Waals surface area (Å²) in [6.45, 7) is 0. The van der Waals surface area contributed by atoms with Crippen LogP contribution in [0.1, 0.15) is 15.9 Å². The van der Waals surface area contributed by atoms with E-state index in [0.717, 1.165) is 5.56 Å². The first kappa shape index (κ1) is 20.7. The van der Waals surface area contributed by atoms with Crippen LogP contribution in [0, 0.1) is 0 Å². The molecule has 0 spiro atoms. The molecule has 3 rings (SSSR count). The molecule has 0 aliphatic rings. The van der Waals surface area contributed by atoms with Crippen LogP contribution in [-0.4, -0.2) is 30.3 Å². The topological polar surface area (TPSA) is 73.3 Å². The third-order valence-electron chi connectivity index (χ3n) is 3.65. The Kier molecular flexibility index (Phi) is 7.01. The number of carbonyl (C=O) groups is 1. The highest BCUT2D eigenvalue weighted by atomic mass is 35.5. The van der Waals surface area contributed by atoms with Crippen molar-refractivity contribution in [2.45, 2.75) is 10.1 Å². The Hall–Kier alpha value is -2.00. The highest BCUT2D eigenvalue weighted by Crippen LogP contribution is 2.32. The monoisotopic (exact) mass is 455 g/mol. The van der Waals surface area contributed by atoms with Gasteiger partial charge in [0.2, 0.25) is 5.13 Å². The molecule has 0 aliphatic carbocycles. The second-order valence-corrected chi connectivity index (χ2v) is 8.46. The van der Waals surface area contributed by atoms with Crippen molar-refractivity contribution in [1.29, 1.82) is 0 Å². The van der Waals surface area contributed by atoms with E-state index < -0.39 is 0 Å². The molecule has 0 unspecified atom stereocenters. The first-order chi connectivity index (χ1) is 13.5. The Labute approximate surface area is 180 Å². The normalized spacial score (nSPS) is 10.6. The van der Waals surface area contributed by atoms with Gasteiger partial charge in [-0.25, -0.2) is 0 Å². The van der Waals surface area contributed by atoms with Crippen molar-refractivity contribution < 1.29 is 14.3 Å². The fraction of sp³-hybridized carbons (Fsp3) is 0.167. The summed E-state index contributed by atoms with van der Waals surface area (Å²) < 4.78 is 11.1. The number of methoxy groups -OCH3 is 2. The molecule has 1 N–H and O–H groups in total. The molecule has 0 saturated heterocycles. The number of carbonyl (C=O) groups excluding carboxylic acids is 1. The van der Waals surface area contributed by atoms with Crippen LogP contribution >= 0.6 is 46.3 Å². The summed E-state index contributed by atoms with van der Waals surface area (Å²) in [5, 5.41) is 12.4. The van der Waals surface area contributed by atoms with Crippen molar-refractivity contribution in [1.82, 2.24) is 10.2 Å². The van der Waals surface area contributed by atoms with Gasteiger partial charge < -0.3 is 9.47 Å². The maximum atomic E-state index is 12.5. The van der Waals surface area contributed by atoms with Crippen molar-refractivity contribution in [3.63, 3.8) is 0 Å². The fourth-order valence-electron chi connectivity index (χ4n) is 2.25. The maximum absolute atomic E-state index is 12.5. The van der Waals surface area contributed by atoms with Gasteiger partial charge in [-0.2, -0.15) is 0 Å². The summed E-state index contributed by atoms with van der Waals surface area (Å²) in [5.41, 5.74) is 1.32. The van der Waals surface area contributed by atoms with Gasteiger partial charge in [-0.3, -0.25) is 10.1 Å². The summed E-state index contributed by atoms with van der Waals surface area (Å²) in [6.07, 6.45) is 0. The fourth-order valence-corrected chi connectivity index (χ4v) is 4.55. The minimum atomic E-state index is -0.340. The lowest BCUT2D eigenvalue weighted by atomic mass is 10.2. The van der Waals surface area contributed by atoms with Crippen molar-refractivity contribution in [2.24, 2.45) is 0 Å². The van der Waals surface area contributed by atoms with Crippen LogP contribution in [0.5, 0.6) is 11.5 Å². The summed E-state index contributed by atoms with van der Waals surface area (Å²) in [6, 6.07) is 10.3. The number of thioether (sulfide) groups is 1. The molecule has 146 valence electrons. The molecule has 10 heteroatoms. The van der Waals surface area contributed by atoms with Gasteiger partial charge in [-0.05, 0) is 29.8 Å². The zero-order chi connectivity index (χ0) is 20.1. The van der Waals surface area contributed by atoms with Crippen LogP contribution in [0.3, 0.4) is 0 Å². The Morgan fingerprint density at radius 2 is 1.96 bits per heavy atom. The van der Waals surface area contributed by atoms with Crippen LogP contribution in [0.4, 0.5) is 5.13 Å². The van der Waals surface area contributed by atoms with Gasteiger partial charge in [0.15, 0.2) is 4.34 Å². The molecule has 3 aromatic rings. The predicted molar refractivity (Wildman–Crippen MR) is 113 cm³/mol. The molecular weight excluding hydrogens is 441 g/mol. The number of rotatable bonds is 7. The minimum Gasteiger partial charge on any atom is -0.497 e. The Bertz CT molecular complexity index is 998. The van der Waals surface area contributed by atoms with E-state index in [1.807, 2.05) is 6.07 Å². The maximum Gasteiger partial charge on any atom is 0.261 e. The van der Waals surface area contributed by atoms with Crippen molar-refractivity contribution in [2.75, 3.05) is 19.5 Å². The van der Waals surface area contributed by atoms with Gasteiger partial charge in [-0.1, -0.05) is 52.4 Å². The smallest absolute Gasteiger partial charge is 0.261 e. The van der Waals surface area contributed by atoms with Gasteiger partial charge in [0.05, 0.1) is 19.8 Å². The molecule has 0 atom stereocenters. The Balaban J connectivity index is 1.65. The number of nitrogens with zero attached hydrogens (tertiary/aromatic N) is 2. The summed E-state index contributed by atoms with van der Waals surface area (Å²) >= 11 is 14.8. The van der Waals surface area contributed by atoms with Crippen LogP contribution in [0.2, 0.25) is 10.0 Å². The molecule has 6 nitrogen and oxygen atoms in total. The van der Waals surface area contributed by atoms with Crippen molar-refractivity contribution >= 4 is 57.3 Å². The molecule has 1 amide bonds. The number of hydrogen-bond donors (Lipinski definition) is 1. The Morgan fingerprint density at radius 3 is 2.68 bits per heavy atom. The van der Waals surface area contributed by atoms with Gasteiger partial charge >= 0.3 is 0 Å². The zero-order valence-electron chi connectivity index (χ0n) is 14.9. The van der Waals surface area contributed by atoms with Gasteiger partial charge in [0, 0.05) is 21.9 Å². The van der Waals surface area contributed by atoms with E-state index in [0.29, 0.717) is 42.3 Å². The highest BCUT2D eigenvalue weighted by molar-refractivity contribution is 8.00. The van der Waals surface area contributed by atoms with E-state index in [1.54, 1.807) is 37.4 Å². The quantitative estimate of drug-likeness (QED) is 0.379. The lowest BCUT2D eigenvalue weighted by Gasteiger charge is -2.09. The van der Waals surface area contributed by atoms with Gasteiger partial charge in [0.25, 0.3) is 5.91 Å². The van der Waals surface area contributed by atoms with E-state index in [2.05, 4.69) is 15.5 Å². The molecule has 0 fully saturated rings. The standard InChI is InChI=1S/C18H15Cl2N3O3S2/c1-25-12-5-6-13(15(8-12)26-2)16(24)21-17-22-23-18(28-17)27-9-10-3-4-11(19)7-14(10)20/h3-8H,9H2,1-2H3,(H,21,22,24). The van der Waals surface area contributed by atoms with Crippen LogP contribution in [0.25, 0.3) is 0 Å². The molecule has 0 bridgehead atoms. The van der Waals surface area contributed by atoms with E-state index >= 15 is 0 Å². The zero-order valence-corrected chi connectivity index (χ0v) is 18.0. The number of halogens is 2. The van der Waals surface area contributed by atoms with E-state index in [-0.39, 0.29) is 5.91 Å². The molecule has 1 aromatic heterocycles. The van der Waals surface area contributed by atoms with Crippen LogP contribution < -0.4 is 14.8 Å². The number of amides is 1. The average molecular weight is 456 g/mol. The molecule has 28 heavy (non-hydrogen) atoms. The van der Waals surface area contributed by atoms with Crippen molar-refractivity contribution in [3.05, 3.63) is 57.6 Å². The minimum absolute atomic E-state index is 0.340. The SMILES string of the molecule is COc1ccc(C(=O)Nc2nnc(SCc3ccc(Cl)cc3Cl)s2)c(OC)c1. The largest absolute Gasteiger partial charge is 0.497 e. The summed E-state index contributed by atoms with van der Waals surface area (Å²) in [4.78, 5) is 12.5. The third kappa shape index (κ3) is 5.08. The molecule has 1 heterocycles. The number of ether oxygens (including phenoxy) is 2. The molecule has 0 saturated carbocycles. The van der Waals surface area contributed by atoms with Gasteiger partial charge in [0.1, 0.15) is 11.5 Å². The highest BCUT2D eigenvalue weighted by Gasteiger charge is 2.16. The number of hydrogen-bond acceptors (Lipinski definition) is 7. The van der Waals surface area contributed by atoms with Crippen LogP contribution in [0.15, 0.2) is 40.7 Å². The number of anilines is 1. The lowest BCUT2D eigenvalue weighted by molar-refractivity contribution is 0.102. The third-order valence-corrected chi connectivity index (χ3v) is 6.25. The number of benzene rings is 2. The second-order valence-electron chi connectivity index (χ2n) is 5.42. The van der Waals surface area contributed by atoms with Gasteiger partial charge in [-0.15, -0.1) is 10.2 Å².